The van der Waals surface area contributed by atoms with Gasteiger partial charge in [-0.3, -0.25) is 24.1 Å². The number of hydrogen-bond acceptors (Lipinski definition) is 9. The van der Waals surface area contributed by atoms with Crippen LogP contribution in [0.4, 0.5) is 5.69 Å². The van der Waals surface area contributed by atoms with E-state index in [-0.39, 0.29) is 30.7 Å². The van der Waals surface area contributed by atoms with Crippen molar-refractivity contribution in [2.45, 2.75) is 37.4 Å². The van der Waals surface area contributed by atoms with Crippen LogP contribution < -0.4 is 10.6 Å². The van der Waals surface area contributed by atoms with Crippen LogP contribution in [0.1, 0.15) is 41.9 Å². The first-order valence-corrected chi connectivity index (χ1v) is 13.3. The van der Waals surface area contributed by atoms with Gasteiger partial charge in [-0.2, -0.15) is 0 Å². The molecule has 3 heterocycles. The number of thiophene rings is 1. The zero-order valence-corrected chi connectivity index (χ0v) is 21.9. The molecule has 10 nitrogen and oxygen atoms in total. The lowest BCUT2D eigenvalue weighted by molar-refractivity contribution is -0.144. The molecule has 1 saturated heterocycles. The highest BCUT2D eigenvalue weighted by atomic mass is 32.2. The molecule has 0 saturated carbocycles. The van der Waals surface area contributed by atoms with Gasteiger partial charge in [0.15, 0.2) is 0 Å². The highest BCUT2D eigenvalue weighted by molar-refractivity contribution is 8.00. The number of nitrogens with one attached hydrogen (secondary N) is 2. The summed E-state index contributed by atoms with van der Waals surface area (Å²) in [5.74, 6) is -2.72. The third-order valence-electron chi connectivity index (χ3n) is 5.66. The van der Waals surface area contributed by atoms with Crippen molar-refractivity contribution in [3.8, 4) is 0 Å². The van der Waals surface area contributed by atoms with Gasteiger partial charge in [0.2, 0.25) is 11.8 Å². The minimum atomic E-state index is -0.694. The number of anilines is 1. The normalized spacial score (nSPS) is 20.5. The minimum absolute atomic E-state index is 0.0241. The molecule has 194 valence electrons. The van der Waals surface area contributed by atoms with Crippen LogP contribution >= 0.6 is 23.1 Å². The monoisotopic (exact) mass is 543 g/mol. The Kier molecular flexibility index (Phi) is 7.98. The lowest BCUT2D eigenvalue weighted by atomic mass is 9.93. The fourth-order valence-electron chi connectivity index (χ4n) is 4.05. The largest absolute Gasteiger partial charge is 0.462 e. The van der Waals surface area contributed by atoms with Crippen molar-refractivity contribution in [1.29, 1.82) is 0 Å². The number of hydrogen-bond donors (Lipinski definition) is 2. The minimum Gasteiger partial charge on any atom is -0.462 e. The quantitative estimate of drug-likeness (QED) is 0.384. The molecule has 12 heteroatoms. The van der Waals surface area contributed by atoms with Crippen molar-refractivity contribution >= 4 is 58.4 Å². The number of ether oxygens (including phenoxy) is 2. The molecule has 2 N–H and O–H groups in total. The molecule has 2 aliphatic rings. The molecule has 4 rings (SSSR count). The van der Waals surface area contributed by atoms with E-state index in [9.17, 15) is 24.0 Å². The van der Waals surface area contributed by atoms with Gasteiger partial charge in [-0.15, -0.1) is 23.1 Å². The molecular weight excluding hydrogens is 518 g/mol. The van der Waals surface area contributed by atoms with Gasteiger partial charge in [0.05, 0.1) is 12.2 Å². The van der Waals surface area contributed by atoms with E-state index in [1.165, 1.54) is 54.0 Å². The number of nitrogens with zero attached hydrogens (tertiary/aromatic N) is 1. The fourth-order valence-corrected chi connectivity index (χ4v) is 6.59. The molecule has 1 aromatic heterocycles. The van der Waals surface area contributed by atoms with Crippen LogP contribution in [0.2, 0.25) is 0 Å². The summed E-state index contributed by atoms with van der Waals surface area (Å²) in [6, 6.07) is 9.84. The smallest absolute Gasteiger partial charge is 0.338 e. The van der Waals surface area contributed by atoms with Crippen molar-refractivity contribution in [2.24, 2.45) is 0 Å². The van der Waals surface area contributed by atoms with Crippen LogP contribution in [-0.2, 0) is 28.7 Å². The molecule has 0 bridgehead atoms. The van der Waals surface area contributed by atoms with Gasteiger partial charge in [-0.25, -0.2) is 4.79 Å². The second-order valence-electron chi connectivity index (χ2n) is 8.21. The van der Waals surface area contributed by atoms with Gasteiger partial charge in [0.1, 0.15) is 29.0 Å². The average Bonchev–Trinajstić information content (AvgIpc) is 3.36. The molecule has 0 aliphatic carbocycles. The molecule has 1 unspecified atom stereocenters. The first kappa shape index (κ1) is 26.4. The highest BCUT2D eigenvalue weighted by Crippen LogP contribution is 2.51. The van der Waals surface area contributed by atoms with E-state index in [4.69, 9.17) is 9.47 Å². The molecule has 37 heavy (non-hydrogen) atoms. The number of thioether (sulfide) groups is 1. The molecule has 2 aliphatic heterocycles. The van der Waals surface area contributed by atoms with Gasteiger partial charge in [0.25, 0.3) is 5.91 Å². The van der Waals surface area contributed by atoms with Crippen LogP contribution in [0.5, 0.6) is 0 Å². The van der Waals surface area contributed by atoms with Crippen LogP contribution in [-0.4, -0.2) is 58.5 Å². The maximum Gasteiger partial charge on any atom is 0.338 e. The Hall–Kier alpha value is -3.64. The summed E-state index contributed by atoms with van der Waals surface area (Å²) >= 11 is 2.76. The van der Waals surface area contributed by atoms with Crippen LogP contribution in [0.25, 0.3) is 0 Å². The SMILES string of the molecule is CCOC(=O)c1ccc(NC(=O)C2=C(COC(C)=O)C(NC(C)=O)S[C@@H]3[C@H](c4cccs4)C(=O)N23)cc1. The van der Waals surface area contributed by atoms with Crippen molar-refractivity contribution in [3.63, 3.8) is 0 Å². The predicted octanol–water partition coefficient (Wildman–Crippen LogP) is 2.84. The van der Waals surface area contributed by atoms with E-state index in [0.29, 0.717) is 16.8 Å². The Morgan fingerprint density at radius 1 is 1.05 bits per heavy atom. The number of rotatable bonds is 8. The van der Waals surface area contributed by atoms with Gasteiger partial charge in [0, 0.05) is 30.0 Å². The summed E-state index contributed by atoms with van der Waals surface area (Å²) in [4.78, 5) is 64.7. The van der Waals surface area contributed by atoms with E-state index in [0.717, 1.165) is 4.88 Å². The second kappa shape index (κ2) is 11.2. The number of benzene rings is 1. The Labute approximate surface area is 221 Å². The number of β-lactam (4-membered cyclic amide) rings is 1. The topological polar surface area (TPSA) is 131 Å². The maximum absolute atomic E-state index is 13.6. The third kappa shape index (κ3) is 5.54. The summed E-state index contributed by atoms with van der Waals surface area (Å²) < 4.78 is 10.2. The number of fused-ring (bicyclic) bond motifs is 1. The zero-order chi connectivity index (χ0) is 26.7. The summed E-state index contributed by atoms with van der Waals surface area (Å²) in [7, 11) is 0. The molecular formula is C25H25N3O7S2. The summed E-state index contributed by atoms with van der Waals surface area (Å²) in [5, 5.41) is 6.31. The number of esters is 2. The molecule has 0 spiro atoms. The van der Waals surface area contributed by atoms with Crippen LogP contribution in [0.15, 0.2) is 53.0 Å². The number of carbonyl (C=O) groups excluding carboxylic acids is 5. The standard InChI is InChI=1S/C25H25N3O7S2/c1-4-34-25(33)15-7-9-16(10-8-15)27-21(31)20-17(12-35-14(3)30)22(26-13(2)29)37-24-19(23(32)28(20)24)18-6-5-11-36-18/h5-11,19,22,24H,4,12H2,1-3H3,(H,26,29)(H,27,31)/t19-,22?,24-/m1/s1. The first-order chi connectivity index (χ1) is 17.7. The van der Waals surface area contributed by atoms with E-state index < -0.39 is 34.5 Å². The lowest BCUT2D eigenvalue weighted by Gasteiger charge is -2.51. The van der Waals surface area contributed by atoms with E-state index in [2.05, 4.69) is 10.6 Å². The maximum atomic E-state index is 13.6. The van der Waals surface area contributed by atoms with Gasteiger partial charge in [-0.1, -0.05) is 6.07 Å². The van der Waals surface area contributed by atoms with Crippen molar-refractivity contribution in [3.05, 3.63) is 63.5 Å². The Balaban J connectivity index is 1.68. The van der Waals surface area contributed by atoms with E-state index in [1.807, 2.05) is 17.5 Å². The van der Waals surface area contributed by atoms with Gasteiger partial charge < -0.3 is 20.1 Å². The van der Waals surface area contributed by atoms with Crippen molar-refractivity contribution in [1.82, 2.24) is 10.2 Å². The van der Waals surface area contributed by atoms with Crippen molar-refractivity contribution in [2.75, 3.05) is 18.5 Å². The summed E-state index contributed by atoms with van der Waals surface area (Å²) in [5.41, 5.74) is 1.03. The van der Waals surface area contributed by atoms with Gasteiger partial charge in [-0.05, 0) is 42.6 Å². The number of amides is 3. The first-order valence-electron chi connectivity index (χ1n) is 11.4. The summed E-state index contributed by atoms with van der Waals surface area (Å²) in [6.07, 6.45) is 0. The van der Waals surface area contributed by atoms with Gasteiger partial charge >= 0.3 is 11.9 Å². The Bertz CT molecular complexity index is 1260. The lowest BCUT2D eigenvalue weighted by Crippen LogP contribution is -2.62. The molecule has 0 radical (unpaired) electrons. The van der Waals surface area contributed by atoms with Crippen LogP contribution in [0.3, 0.4) is 0 Å². The average molecular weight is 544 g/mol. The van der Waals surface area contributed by atoms with E-state index >= 15 is 0 Å². The number of carbonyl (C=O) groups is 5. The second-order valence-corrected chi connectivity index (χ2v) is 10.4. The fraction of sp³-hybridized carbons (Fsp3) is 0.320. The Morgan fingerprint density at radius 3 is 2.38 bits per heavy atom. The summed E-state index contributed by atoms with van der Waals surface area (Å²) in [6.45, 7) is 4.25. The molecule has 1 fully saturated rings. The van der Waals surface area contributed by atoms with E-state index in [1.54, 1.807) is 19.1 Å². The molecule has 3 atom stereocenters. The Morgan fingerprint density at radius 2 is 1.78 bits per heavy atom. The van der Waals surface area contributed by atoms with Crippen LogP contribution in [0, 0.1) is 0 Å². The van der Waals surface area contributed by atoms with Crippen molar-refractivity contribution < 1.29 is 33.4 Å². The molecule has 1 aromatic carbocycles. The predicted molar refractivity (Wildman–Crippen MR) is 138 cm³/mol. The molecule has 2 aromatic rings. The third-order valence-corrected chi connectivity index (χ3v) is 8.06. The highest BCUT2D eigenvalue weighted by Gasteiger charge is 2.56. The molecule has 3 amide bonds. The zero-order valence-electron chi connectivity index (χ0n) is 20.3.